The van der Waals surface area contributed by atoms with Gasteiger partial charge in [0.05, 0.1) is 11.1 Å². The summed E-state index contributed by atoms with van der Waals surface area (Å²) in [4.78, 5) is 7.21. The summed E-state index contributed by atoms with van der Waals surface area (Å²) in [5, 5.41) is 10.4. The highest BCUT2D eigenvalue weighted by molar-refractivity contribution is 6.29. The fourth-order valence-corrected chi connectivity index (χ4v) is 2.79. The minimum absolute atomic E-state index is 0.321. The molecule has 5 heteroatoms. The number of hydrogen-bond donors (Lipinski definition) is 1. The van der Waals surface area contributed by atoms with Crippen LogP contribution in [0, 0.1) is 31.0 Å². The number of nitrogens with zero attached hydrogens (tertiary/aromatic N) is 2. The Hall–Kier alpha value is -2.38. The van der Waals surface area contributed by atoms with Gasteiger partial charge in [-0.2, -0.15) is 5.26 Å². The van der Waals surface area contributed by atoms with E-state index < -0.39 is 0 Å². The van der Waals surface area contributed by atoms with Crippen LogP contribution in [0.3, 0.4) is 0 Å². The predicted octanol–water partition coefficient (Wildman–Crippen LogP) is 4.43. The lowest BCUT2D eigenvalue weighted by Gasteiger charge is -2.08. The van der Waals surface area contributed by atoms with Gasteiger partial charge in [-0.1, -0.05) is 17.7 Å². The first-order valence-corrected chi connectivity index (χ1v) is 7.20. The summed E-state index contributed by atoms with van der Waals surface area (Å²) in [5.74, 6) is -0.374. The van der Waals surface area contributed by atoms with Gasteiger partial charge in [0, 0.05) is 29.3 Å². The normalized spacial score (nSPS) is 10.9. The lowest BCUT2D eigenvalue weighted by molar-refractivity contribution is 0.616. The molecule has 1 aromatic carbocycles. The quantitative estimate of drug-likeness (QED) is 0.711. The van der Waals surface area contributed by atoms with Crippen molar-refractivity contribution in [3.05, 3.63) is 63.3 Å². The summed E-state index contributed by atoms with van der Waals surface area (Å²) in [6.45, 7) is 3.85. The monoisotopic (exact) mass is 313 g/mol. The number of pyridine rings is 1. The van der Waals surface area contributed by atoms with Crippen molar-refractivity contribution >= 4 is 22.5 Å². The molecule has 3 rings (SSSR count). The van der Waals surface area contributed by atoms with Gasteiger partial charge in [0.2, 0.25) is 0 Å². The molecule has 0 bridgehead atoms. The number of fused-ring (bicyclic) bond motifs is 1. The zero-order valence-corrected chi connectivity index (χ0v) is 12.9. The Labute approximate surface area is 132 Å². The Kier molecular flexibility index (Phi) is 3.59. The van der Waals surface area contributed by atoms with Crippen molar-refractivity contribution in [2.24, 2.45) is 0 Å². The molecule has 0 amide bonds. The fraction of sp³-hybridized carbons (Fsp3) is 0.176. The van der Waals surface area contributed by atoms with Crippen LogP contribution in [-0.4, -0.2) is 9.97 Å². The summed E-state index contributed by atoms with van der Waals surface area (Å²) < 4.78 is 14.5. The standard InChI is InChI=1S/C17H13ClFN3/c1-9-10(2)22-17-12(7-20)6-14(19)13(16(9)17)5-11-3-4-15(18)21-8-11/h3-4,6,8,22H,5H2,1-2H3. The van der Waals surface area contributed by atoms with Crippen molar-refractivity contribution < 1.29 is 4.39 Å². The molecule has 3 aromatic rings. The summed E-state index contributed by atoms with van der Waals surface area (Å²) >= 11 is 5.78. The molecule has 110 valence electrons. The number of aryl methyl sites for hydroxylation is 2. The number of aromatic nitrogens is 2. The minimum atomic E-state index is -0.374. The second-order valence-electron chi connectivity index (χ2n) is 5.29. The number of H-pyrrole nitrogens is 1. The molecule has 3 nitrogen and oxygen atoms in total. The van der Waals surface area contributed by atoms with Gasteiger partial charge >= 0.3 is 0 Å². The first kappa shape index (κ1) is 14.6. The molecule has 0 radical (unpaired) electrons. The molecule has 2 aromatic heterocycles. The van der Waals surface area contributed by atoms with E-state index in [1.165, 1.54) is 6.07 Å². The second-order valence-corrected chi connectivity index (χ2v) is 5.67. The van der Waals surface area contributed by atoms with Crippen LogP contribution in [0.5, 0.6) is 0 Å². The molecule has 22 heavy (non-hydrogen) atoms. The van der Waals surface area contributed by atoms with Gasteiger partial charge < -0.3 is 4.98 Å². The van der Waals surface area contributed by atoms with Crippen LogP contribution < -0.4 is 0 Å². The fourth-order valence-electron chi connectivity index (χ4n) is 2.68. The molecular formula is C17H13ClFN3. The molecule has 0 aliphatic rings. The van der Waals surface area contributed by atoms with E-state index in [0.717, 1.165) is 22.2 Å². The number of halogens is 2. The zero-order valence-electron chi connectivity index (χ0n) is 12.2. The Morgan fingerprint density at radius 3 is 2.77 bits per heavy atom. The molecule has 0 fully saturated rings. The first-order chi connectivity index (χ1) is 10.5. The largest absolute Gasteiger partial charge is 0.357 e. The number of benzene rings is 1. The summed E-state index contributed by atoms with van der Waals surface area (Å²) in [6, 6.07) is 6.85. The van der Waals surface area contributed by atoms with Crippen LogP contribution in [0.1, 0.15) is 27.9 Å². The van der Waals surface area contributed by atoms with Gasteiger partial charge in [0.1, 0.15) is 17.0 Å². The third kappa shape index (κ3) is 2.34. The molecule has 0 spiro atoms. The number of rotatable bonds is 2. The highest BCUT2D eigenvalue weighted by atomic mass is 35.5. The number of aromatic amines is 1. The van der Waals surface area contributed by atoms with E-state index in [4.69, 9.17) is 11.6 Å². The number of nitriles is 1. The third-order valence-electron chi connectivity index (χ3n) is 3.92. The van der Waals surface area contributed by atoms with Crippen LogP contribution >= 0.6 is 11.6 Å². The van der Waals surface area contributed by atoms with E-state index in [1.54, 1.807) is 12.3 Å². The van der Waals surface area contributed by atoms with Gasteiger partial charge in [0.15, 0.2) is 0 Å². The lowest BCUT2D eigenvalue weighted by atomic mass is 9.97. The van der Waals surface area contributed by atoms with Crippen LogP contribution in [-0.2, 0) is 6.42 Å². The molecule has 0 saturated carbocycles. The molecule has 2 heterocycles. The predicted molar refractivity (Wildman–Crippen MR) is 84.5 cm³/mol. The van der Waals surface area contributed by atoms with E-state index in [9.17, 15) is 9.65 Å². The van der Waals surface area contributed by atoms with Crippen molar-refractivity contribution in [1.29, 1.82) is 5.26 Å². The van der Waals surface area contributed by atoms with Gasteiger partial charge in [-0.25, -0.2) is 9.37 Å². The molecule has 0 unspecified atom stereocenters. The Morgan fingerprint density at radius 1 is 1.36 bits per heavy atom. The highest BCUT2D eigenvalue weighted by Gasteiger charge is 2.17. The van der Waals surface area contributed by atoms with Crippen molar-refractivity contribution in [1.82, 2.24) is 9.97 Å². The lowest BCUT2D eigenvalue weighted by Crippen LogP contribution is -1.97. The van der Waals surface area contributed by atoms with Crippen LogP contribution in [0.25, 0.3) is 10.9 Å². The van der Waals surface area contributed by atoms with Crippen molar-refractivity contribution in [3.8, 4) is 6.07 Å². The Balaban J connectivity index is 2.23. The highest BCUT2D eigenvalue weighted by Crippen LogP contribution is 2.31. The second kappa shape index (κ2) is 5.43. The van der Waals surface area contributed by atoms with Crippen LogP contribution in [0.4, 0.5) is 4.39 Å². The zero-order chi connectivity index (χ0) is 15.9. The summed E-state index contributed by atoms with van der Waals surface area (Å²) in [5.41, 5.74) is 4.35. The maximum atomic E-state index is 14.5. The van der Waals surface area contributed by atoms with Crippen molar-refractivity contribution in [2.45, 2.75) is 20.3 Å². The van der Waals surface area contributed by atoms with E-state index in [1.807, 2.05) is 26.0 Å². The number of nitrogens with one attached hydrogen (secondary N) is 1. The van der Waals surface area contributed by atoms with Crippen molar-refractivity contribution in [2.75, 3.05) is 0 Å². The smallest absolute Gasteiger partial charge is 0.129 e. The first-order valence-electron chi connectivity index (χ1n) is 6.82. The van der Waals surface area contributed by atoms with Gasteiger partial charge in [-0.05, 0) is 37.1 Å². The van der Waals surface area contributed by atoms with E-state index in [2.05, 4.69) is 9.97 Å². The molecule has 1 N–H and O–H groups in total. The molecule has 0 saturated heterocycles. The van der Waals surface area contributed by atoms with E-state index in [-0.39, 0.29) is 5.82 Å². The minimum Gasteiger partial charge on any atom is -0.357 e. The summed E-state index contributed by atoms with van der Waals surface area (Å²) in [6.07, 6.45) is 2.04. The Morgan fingerprint density at radius 2 is 2.14 bits per heavy atom. The van der Waals surface area contributed by atoms with Crippen molar-refractivity contribution in [3.63, 3.8) is 0 Å². The third-order valence-corrected chi connectivity index (χ3v) is 4.14. The van der Waals surface area contributed by atoms with Crippen LogP contribution in [0.15, 0.2) is 24.4 Å². The number of hydrogen-bond acceptors (Lipinski definition) is 2. The molecule has 0 aliphatic carbocycles. The van der Waals surface area contributed by atoms with E-state index >= 15 is 0 Å². The topological polar surface area (TPSA) is 52.5 Å². The SMILES string of the molecule is Cc1[nH]c2c(C#N)cc(F)c(Cc3ccc(Cl)nc3)c2c1C. The Bertz CT molecular complexity index is 905. The van der Waals surface area contributed by atoms with Gasteiger partial charge in [-0.3, -0.25) is 0 Å². The summed E-state index contributed by atoms with van der Waals surface area (Å²) in [7, 11) is 0. The van der Waals surface area contributed by atoms with Crippen LogP contribution in [0.2, 0.25) is 5.15 Å². The van der Waals surface area contributed by atoms with Gasteiger partial charge in [-0.15, -0.1) is 0 Å². The average Bonchev–Trinajstić information content (AvgIpc) is 2.80. The molecule has 0 aliphatic heterocycles. The average molecular weight is 314 g/mol. The van der Waals surface area contributed by atoms with E-state index in [0.29, 0.717) is 28.2 Å². The van der Waals surface area contributed by atoms with Gasteiger partial charge in [0.25, 0.3) is 0 Å². The molecular weight excluding hydrogens is 301 g/mol. The molecule has 0 atom stereocenters. The maximum absolute atomic E-state index is 14.5. The maximum Gasteiger partial charge on any atom is 0.129 e.